The second-order valence-corrected chi connectivity index (χ2v) is 6.30. The molecule has 2 nitrogen and oxygen atoms in total. The molecule has 1 aliphatic rings. The topological polar surface area (TPSA) is 29.3 Å². The van der Waals surface area contributed by atoms with Crippen LogP contribution in [0.15, 0.2) is 24.3 Å². The summed E-state index contributed by atoms with van der Waals surface area (Å²) in [5.41, 5.74) is 8.74. The van der Waals surface area contributed by atoms with Gasteiger partial charge in [0.1, 0.15) is 0 Å². The standard InChI is InChI=1S/C18H30N2/c1-3-16(19)14-15-10-12-18(13-11-15)20(2)17-8-6-4-5-7-9-17/h10-13,16-17H,3-9,14,19H2,1-2H3. The first-order valence-corrected chi connectivity index (χ1v) is 8.28. The molecular weight excluding hydrogens is 244 g/mol. The lowest BCUT2D eigenvalue weighted by atomic mass is 10.0. The number of anilines is 1. The van der Waals surface area contributed by atoms with Crippen LogP contribution in [0.5, 0.6) is 0 Å². The van der Waals surface area contributed by atoms with Crippen molar-refractivity contribution in [3.05, 3.63) is 29.8 Å². The second-order valence-electron chi connectivity index (χ2n) is 6.30. The molecule has 0 saturated heterocycles. The predicted molar refractivity (Wildman–Crippen MR) is 88.3 cm³/mol. The maximum absolute atomic E-state index is 6.03. The Bertz CT molecular complexity index is 377. The van der Waals surface area contributed by atoms with Crippen molar-refractivity contribution in [2.75, 3.05) is 11.9 Å². The Morgan fingerprint density at radius 1 is 1.10 bits per heavy atom. The van der Waals surface area contributed by atoms with Gasteiger partial charge in [-0.2, -0.15) is 0 Å². The van der Waals surface area contributed by atoms with Gasteiger partial charge in [0.15, 0.2) is 0 Å². The molecule has 0 aliphatic heterocycles. The summed E-state index contributed by atoms with van der Waals surface area (Å²) in [7, 11) is 2.25. The summed E-state index contributed by atoms with van der Waals surface area (Å²) in [6, 6.07) is 10.0. The second kappa shape index (κ2) is 7.68. The molecule has 0 heterocycles. The molecule has 0 aromatic heterocycles. The Morgan fingerprint density at radius 2 is 1.70 bits per heavy atom. The molecule has 2 rings (SSSR count). The first-order valence-electron chi connectivity index (χ1n) is 8.28. The van der Waals surface area contributed by atoms with Gasteiger partial charge in [-0.25, -0.2) is 0 Å². The predicted octanol–water partition coefficient (Wildman–Crippen LogP) is 4.13. The summed E-state index contributed by atoms with van der Waals surface area (Å²) < 4.78 is 0. The minimum absolute atomic E-state index is 0.292. The van der Waals surface area contributed by atoms with Crippen LogP contribution >= 0.6 is 0 Å². The van der Waals surface area contributed by atoms with Crippen molar-refractivity contribution in [3.63, 3.8) is 0 Å². The smallest absolute Gasteiger partial charge is 0.0366 e. The molecule has 1 saturated carbocycles. The lowest BCUT2D eigenvalue weighted by Crippen LogP contribution is -2.31. The SMILES string of the molecule is CCC(N)Cc1ccc(N(C)C2CCCCCC2)cc1. The van der Waals surface area contributed by atoms with Crippen LogP contribution in [0.3, 0.4) is 0 Å². The monoisotopic (exact) mass is 274 g/mol. The van der Waals surface area contributed by atoms with Crippen LogP contribution in [-0.2, 0) is 6.42 Å². The number of benzene rings is 1. The van der Waals surface area contributed by atoms with E-state index in [4.69, 9.17) is 5.73 Å². The zero-order valence-corrected chi connectivity index (χ0v) is 13.1. The van der Waals surface area contributed by atoms with Gasteiger partial charge in [-0.3, -0.25) is 0 Å². The zero-order valence-electron chi connectivity index (χ0n) is 13.1. The van der Waals surface area contributed by atoms with E-state index >= 15 is 0 Å². The molecular formula is C18H30N2. The summed E-state index contributed by atoms with van der Waals surface area (Å²) >= 11 is 0. The summed E-state index contributed by atoms with van der Waals surface area (Å²) in [5, 5.41) is 0. The molecule has 2 heteroatoms. The van der Waals surface area contributed by atoms with Crippen molar-refractivity contribution in [1.82, 2.24) is 0 Å². The fraction of sp³-hybridized carbons (Fsp3) is 0.667. The summed E-state index contributed by atoms with van der Waals surface area (Å²) in [6.07, 6.45) is 10.3. The Balaban J connectivity index is 1.97. The highest BCUT2D eigenvalue weighted by molar-refractivity contribution is 5.48. The van der Waals surface area contributed by atoms with E-state index in [0.29, 0.717) is 6.04 Å². The molecule has 1 aromatic carbocycles. The zero-order chi connectivity index (χ0) is 14.4. The van der Waals surface area contributed by atoms with E-state index in [2.05, 4.69) is 43.1 Å². The first kappa shape index (κ1) is 15.4. The van der Waals surface area contributed by atoms with Crippen LogP contribution in [0, 0.1) is 0 Å². The summed E-state index contributed by atoms with van der Waals surface area (Å²) in [4.78, 5) is 2.48. The number of rotatable bonds is 5. The number of nitrogens with zero attached hydrogens (tertiary/aromatic N) is 1. The number of hydrogen-bond acceptors (Lipinski definition) is 2. The molecule has 0 radical (unpaired) electrons. The van der Waals surface area contributed by atoms with Crippen LogP contribution < -0.4 is 10.6 Å². The third-order valence-electron chi connectivity index (χ3n) is 4.74. The van der Waals surface area contributed by atoms with E-state index in [-0.39, 0.29) is 0 Å². The van der Waals surface area contributed by atoms with Gasteiger partial charge in [0.05, 0.1) is 0 Å². The van der Waals surface area contributed by atoms with Gasteiger partial charge >= 0.3 is 0 Å². The van der Waals surface area contributed by atoms with Crippen LogP contribution in [0.4, 0.5) is 5.69 Å². The number of nitrogens with two attached hydrogens (primary N) is 1. The minimum atomic E-state index is 0.292. The van der Waals surface area contributed by atoms with Gasteiger partial charge in [-0.05, 0) is 43.4 Å². The molecule has 1 aromatic rings. The largest absolute Gasteiger partial charge is 0.372 e. The van der Waals surface area contributed by atoms with Crippen molar-refractivity contribution in [2.45, 2.75) is 70.4 Å². The maximum Gasteiger partial charge on any atom is 0.0366 e. The normalized spacial score (nSPS) is 18.6. The molecule has 0 amide bonds. The average molecular weight is 274 g/mol. The fourth-order valence-corrected chi connectivity index (χ4v) is 3.17. The van der Waals surface area contributed by atoms with Crippen molar-refractivity contribution >= 4 is 5.69 Å². The lowest BCUT2D eigenvalue weighted by molar-refractivity contribution is 0.553. The Labute approximate surface area is 124 Å². The third kappa shape index (κ3) is 4.24. The highest BCUT2D eigenvalue weighted by Crippen LogP contribution is 2.25. The lowest BCUT2D eigenvalue weighted by Gasteiger charge is -2.29. The van der Waals surface area contributed by atoms with Gasteiger partial charge in [0, 0.05) is 24.8 Å². The van der Waals surface area contributed by atoms with Crippen molar-refractivity contribution < 1.29 is 0 Å². The number of hydrogen-bond donors (Lipinski definition) is 1. The quantitative estimate of drug-likeness (QED) is 0.818. The molecule has 1 atom stereocenters. The molecule has 0 spiro atoms. The van der Waals surface area contributed by atoms with Crippen LogP contribution in [0.2, 0.25) is 0 Å². The Hall–Kier alpha value is -1.02. The third-order valence-corrected chi connectivity index (χ3v) is 4.74. The highest BCUT2D eigenvalue weighted by Gasteiger charge is 2.17. The maximum atomic E-state index is 6.03. The molecule has 0 bridgehead atoms. The van der Waals surface area contributed by atoms with E-state index in [9.17, 15) is 0 Å². The van der Waals surface area contributed by atoms with Gasteiger partial charge < -0.3 is 10.6 Å². The fourth-order valence-electron chi connectivity index (χ4n) is 3.17. The highest BCUT2D eigenvalue weighted by atomic mass is 15.1. The molecule has 1 fully saturated rings. The first-order chi connectivity index (χ1) is 9.70. The van der Waals surface area contributed by atoms with Gasteiger partial charge in [-0.1, -0.05) is 44.7 Å². The van der Waals surface area contributed by atoms with Gasteiger partial charge in [0.25, 0.3) is 0 Å². The van der Waals surface area contributed by atoms with E-state index in [1.165, 1.54) is 49.8 Å². The van der Waals surface area contributed by atoms with Crippen molar-refractivity contribution in [2.24, 2.45) is 5.73 Å². The van der Waals surface area contributed by atoms with E-state index in [1.807, 2.05) is 0 Å². The van der Waals surface area contributed by atoms with Gasteiger partial charge in [0.2, 0.25) is 0 Å². The Kier molecular flexibility index (Phi) is 5.90. The molecule has 112 valence electrons. The van der Waals surface area contributed by atoms with E-state index in [0.717, 1.165) is 18.9 Å². The Morgan fingerprint density at radius 3 is 2.25 bits per heavy atom. The van der Waals surface area contributed by atoms with Crippen LogP contribution in [-0.4, -0.2) is 19.1 Å². The average Bonchev–Trinajstić information content (AvgIpc) is 2.76. The van der Waals surface area contributed by atoms with E-state index < -0.39 is 0 Å². The molecule has 1 aliphatic carbocycles. The molecule has 2 N–H and O–H groups in total. The summed E-state index contributed by atoms with van der Waals surface area (Å²) in [5.74, 6) is 0. The van der Waals surface area contributed by atoms with Gasteiger partial charge in [-0.15, -0.1) is 0 Å². The minimum Gasteiger partial charge on any atom is -0.372 e. The van der Waals surface area contributed by atoms with E-state index in [1.54, 1.807) is 0 Å². The van der Waals surface area contributed by atoms with Crippen molar-refractivity contribution in [1.29, 1.82) is 0 Å². The van der Waals surface area contributed by atoms with Crippen LogP contribution in [0.25, 0.3) is 0 Å². The van der Waals surface area contributed by atoms with Crippen LogP contribution in [0.1, 0.15) is 57.4 Å². The summed E-state index contributed by atoms with van der Waals surface area (Å²) in [6.45, 7) is 2.15. The molecule has 1 unspecified atom stereocenters. The van der Waals surface area contributed by atoms with Crippen molar-refractivity contribution in [3.8, 4) is 0 Å². The molecule has 20 heavy (non-hydrogen) atoms.